The molecule has 5 rings (SSSR count). The van der Waals surface area contributed by atoms with Gasteiger partial charge in [0.25, 0.3) is 11.8 Å². The summed E-state index contributed by atoms with van der Waals surface area (Å²) < 4.78 is 44.2. The molecule has 0 bridgehead atoms. The lowest BCUT2D eigenvalue weighted by Crippen LogP contribution is -2.41. The predicted molar refractivity (Wildman–Crippen MR) is 157 cm³/mol. The number of nitrogens with one attached hydrogen (secondary N) is 1. The van der Waals surface area contributed by atoms with Crippen molar-refractivity contribution >= 4 is 17.5 Å². The maximum atomic E-state index is 13.2. The molecule has 3 heterocycles. The smallest absolute Gasteiger partial charge is 0.383 e. The number of hydrogen-bond donors (Lipinski definition) is 1. The minimum atomic E-state index is -4.47. The number of halogens is 3. The second kappa shape index (κ2) is 12.3. The first-order chi connectivity index (χ1) is 20.5. The molecule has 11 heteroatoms. The number of aromatic nitrogens is 1. The van der Waals surface area contributed by atoms with Crippen LogP contribution >= 0.6 is 0 Å². The Balaban J connectivity index is 1.15. The molecule has 1 aromatic carbocycles. The third-order valence-electron chi connectivity index (χ3n) is 8.69. The Kier molecular flexibility index (Phi) is 8.73. The Hall–Kier alpha value is -3.99. The second-order valence-electron chi connectivity index (χ2n) is 11.6. The van der Waals surface area contributed by atoms with Crippen molar-refractivity contribution in [3.63, 3.8) is 0 Å². The molecule has 1 N–H and O–H groups in total. The molecular weight excluding hydrogens is 559 g/mol. The van der Waals surface area contributed by atoms with E-state index in [1.165, 1.54) is 6.20 Å². The number of fused-ring (bicyclic) bond motifs is 1. The Morgan fingerprint density at radius 1 is 1.09 bits per heavy atom. The molecule has 228 valence electrons. The van der Waals surface area contributed by atoms with Crippen LogP contribution in [-0.4, -0.2) is 78.9 Å². The Morgan fingerprint density at radius 3 is 2.49 bits per heavy atom. The molecule has 0 radical (unpaired) electrons. The van der Waals surface area contributed by atoms with Crippen molar-refractivity contribution in [3.8, 4) is 11.1 Å². The number of alkyl halides is 3. The highest BCUT2D eigenvalue weighted by Crippen LogP contribution is 2.41. The van der Waals surface area contributed by atoms with Gasteiger partial charge in [-0.05, 0) is 74.1 Å². The number of benzene rings is 1. The molecule has 3 aliphatic rings. The summed E-state index contributed by atoms with van der Waals surface area (Å²) in [5.41, 5.74) is 2.89. The summed E-state index contributed by atoms with van der Waals surface area (Å²) >= 11 is 0. The molecule has 2 amide bonds. The van der Waals surface area contributed by atoms with Gasteiger partial charge < -0.3 is 15.0 Å². The van der Waals surface area contributed by atoms with Crippen LogP contribution in [0.3, 0.4) is 0 Å². The third-order valence-corrected chi connectivity index (χ3v) is 8.69. The van der Waals surface area contributed by atoms with E-state index in [1.807, 2.05) is 24.0 Å². The summed E-state index contributed by atoms with van der Waals surface area (Å²) in [6.45, 7) is 7.75. The lowest BCUT2D eigenvalue weighted by molar-refractivity contribution is -0.137. The van der Waals surface area contributed by atoms with Crippen LogP contribution in [0.1, 0.15) is 42.6 Å². The summed E-state index contributed by atoms with van der Waals surface area (Å²) in [6, 6.07) is 7.68. The maximum absolute atomic E-state index is 13.2. The van der Waals surface area contributed by atoms with Crippen molar-refractivity contribution in [1.82, 2.24) is 20.2 Å². The number of nitrogens with zero attached hydrogens (tertiary/aromatic N) is 4. The number of amides is 2. The van der Waals surface area contributed by atoms with Crippen molar-refractivity contribution < 1.29 is 27.5 Å². The number of pyridine rings is 1. The highest BCUT2D eigenvalue weighted by atomic mass is 19.4. The third kappa shape index (κ3) is 6.51. The van der Waals surface area contributed by atoms with E-state index < -0.39 is 11.7 Å². The average molecular weight is 596 g/mol. The summed E-state index contributed by atoms with van der Waals surface area (Å²) in [6.07, 6.45) is 3.17. The number of rotatable bonds is 8. The van der Waals surface area contributed by atoms with Crippen LogP contribution in [0.5, 0.6) is 0 Å². The SMILES string of the molecule is COCCNC(=O)C1=C(C)C2(C)CN(CC3CCN(C(=O)c4ccc(-c5cncc(C(F)(F)F)c5)cc4)CC3)N=C2C=C1. The molecule has 1 atom stereocenters. The first kappa shape index (κ1) is 30.5. The molecule has 1 aliphatic carbocycles. The van der Waals surface area contributed by atoms with E-state index in [-0.39, 0.29) is 17.2 Å². The summed E-state index contributed by atoms with van der Waals surface area (Å²) in [5.74, 6) is 0.177. The van der Waals surface area contributed by atoms with Crippen molar-refractivity contribution in [2.75, 3.05) is 46.4 Å². The van der Waals surface area contributed by atoms with E-state index in [2.05, 4.69) is 22.2 Å². The molecule has 1 saturated heterocycles. The van der Waals surface area contributed by atoms with Gasteiger partial charge in [0.05, 0.1) is 29.8 Å². The average Bonchev–Trinajstić information content (AvgIpc) is 3.33. The van der Waals surface area contributed by atoms with Crippen LogP contribution < -0.4 is 5.32 Å². The number of carbonyl (C=O) groups excluding carboxylic acids is 2. The van der Waals surface area contributed by atoms with Crippen LogP contribution in [-0.2, 0) is 15.7 Å². The van der Waals surface area contributed by atoms with Gasteiger partial charge in [0.2, 0.25) is 0 Å². The zero-order chi connectivity index (χ0) is 30.8. The summed E-state index contributed by atoms with van der Waals surface area (Å²) in [4.78, 5) is 31.5. The Morgan fingerprint density at radius 2 is 1.81 bits per heavy atom. The van der Waals surface area contributed by atoms with Gasteiger partial charge >= 0.3 is 6.18 Å². The standard InChI is InChI=1S/C32H36F3N5O3/c1-21-27(29(41)37-12-15-43-3)8-9-28-31(21,2)20-40(38-28)19-22-10-13-39(14-11-22)30(42)24-6-4-23(5-7-24)25-16-26(18-36-17-25)32(33,34)35/h4-9,16-18,22H,10-15,19-20H2,1-3H3,(H,37,41). The highest BCUT2D eigenvalue weighted by Gasteiger charge is 2.43. The minimum absolute atomic E-state index is 0.0886. The van der Waals surface area contributed by atoms with E-state index >= 15 is 0 Å². The Bertz CT molecular complexity index is 1460. The van der Waals surface area contributed by atoms with Crippen LogP contribution in [0.4, 0.5) is 13.2 Å². The minimum Gasteiger partial charge on any atom is -0.383 e. The van der Waals surface area contributed by atoms with E-state index in [9.17, 15) is 22.8 Å². The van der Waals surface area contributed by atoms with Crippen LogP contribution in [0, 0.1) is 11.3 Å². The topological polar surface area (TPSA) is 87.1 Å². The quantitative estimate of drug-likeness (QED) is 0.437. The molecule has 0 spiro atoms. The molecule has 1 fully saturated rings. The van der Waals surface area contributed by atoms with Crippen molar-refractivity contribution in [1.29, 1.82) is 0 Å². The zero-order valence-electron chi connectivity index (χ0n) is 24.6. The fraction of sp³-hybridized carbons (Fsp3) is 0.438. The van der Waals surface area contributed by atoms with Gasteiger partial charge in [-0.1, -0.05) is 12.1 Å². The number of piperidine rings is 1. The number of allylic oxidation sites excluding steroid dienone is 1. The zero-order valence-corrected chi connectivity index (χ0v) is 24.6. The lowest BCUT2D eigenvalue weighted by Gasteiger charge is -2.35. The lowest BCUT2D eigenvalue weighted by atomic mass is 9.73. The predicted octanol–water partition coefficient (Wildman–Crippen LogP) is 4.95. The molecule has 1 unspecified atom stereocenters. The monoisotopic (exact) mass is 595 g/mol. The van der Waals surface area contributed by atoms with Crippen LogP contribution in [0.15, 0.2) is 71.1 Å². The number of carbonyl (C=O) groups is 2. The van der Waals surface area contributed by atoms with Crippen LogP contribution in [0.2, 0.25) is 0 Å². The van der Waals surface area contributed by atoms with E-state index in [4.69, 9.17) is 9.84 Å². The molecule has 43 heavy (non-hydrogen) atoms. The van der Waals surface area contributed by atoms with Crippen molar-refractivity contribution in [2.45, 2.75) is 32.9 Å². The molecule has 0 saturated carbocycles. The fourth-order valence-corrected chi connectivity index (χ4v) is 5.93. The van der Waals surface area contributed by atoms with E-state index in [0.29, 0.717) is 61.0 Å². The number of hydrazone groups is 1. The number of likely N-dealkylation sites (tertiary alicyclic amines) is 1. The van der Waals surface area contributed by atoms with Gasteiger partial charge in [-0.3, -0.25) is 19.6 Å². The number of methoxy groups -OCH3 is 1. The van der Waals surface area contributed by atoms with Gasteiger partial charge in [0.1, 0.15) is 0 Å². The normalized spacial score (nSPS) is 20.7. The largest absolute Gasteiger partial charge is 0.417 e. The molecular formula is C32H36F3N5O3. The first-order valence-corrected chi connectivity index (χ1v) is 14.4. The van der Waals surface area contributed by atoms with Crippen LogP contribution in [0.25, 0.3) is 11.1 Å². The van der Waals surface area contributed by atoms with E-state index in [1.54, 1.807) is 31.4 Å². The van der Waals surface area contributed by atoms with Gasteiger partial charge in [0, 0.05) is 62.4 Å². The first-order valence-electron chi connectivity index (χ1n) is 14.4. The van der Waals surface area contributed by atoms with Gasteiger partial charge in [-0.15, -0.1) is 0 Å². The second-order valence-corrected chi connectivity index (χ2v) is 11.6. The molecule has 2 aliphatic heterocycles. The van der Waals surface area contributed by atoms with E-state index in [0.717, 1.165) is 42.9 Å². The maximum Gasteiger partial charge on any atom is 0.417 e. The molecule has 2 aromatic rings. The van der Waals surface area contributed by atoms with Crippen molar-refractivity contribution in [2.24, 2.45) is 16.4 Å². The number of hydrogen-bond acceptors (Lipinski definition) is 6. The van der Waals surface area contributed by atoms with Gasteiger partial charge in [0.15, 0.2) is 0 Å². The van der Waals surface area contributed by atoms with Gasteiger partial charge in [-0.2, -0.15) is 18.3 Å². The number of ether oxygens (including phenoxy) is 1. The van der Waals surface area contributed by atoms with Crippen molar-refractivity contribution in [3.05, 3.63) is 77.2 Å². The Labute approximate surface area is 249 Å². The molecule has 1 aromatic heterocycles. The fourth-order valence-electron chi connectivity index (χ4n) is 5.93. The highest BCUT2D eigenvalue weighted by molar-refractivity contribution is 6.09. The summed E-state index contributed by atoms with van der Waals surface area (Å²) in [5, 5.41) is 9.88. The van der Waals surface area contributed by atoms with Gasteiger partial charge in [-0.25, -0.2) is 0 Å². The molecule has 8 nitrogen and oxygen atoms in total. The summed E-state index contributed by atoms with van der Waals surface area (Å²) in [7, 11) is 1.60.